The van der Waals surface area contributed by atoms with E-state index in [2.05, 4.69) is 8.85 Å². The molecule has 16 heteroatoms. The van der Waals surface area contributed by atoms with Crippen LogP contribution in [0.25, 0.3) is 0 Å². The van der Waals surface area contributed by atoms with Crippen LogP contribution in [0.5, 0.6) is 0 Å². The fourth-order valence-electron chi connectivity index (χ4n) is 1.78. The summed E-state index contributed by atoms with van der Waals surface area (Å²) in [5, 5.41) is 0. The summed E-state index contributed by atoms with van der Waals surface area (Å²) in [6, 6.07) is -0.487. The van der Waals surface area contributed by atoms with Crippen LogP contribution in [0.1, 0.15) is 12.8 Å². The van der Waals surface area contributed by atoms with Gasteiger partial charge in [-0.3, -0.25) is 0 Å². The Labute approximate surface area is 145 Å². The third-order valence-electron chi connectivity index (χ3n) is 3.45. The molecule has 0 aliphatic carbocycles. The van der Waals surface area contributed by atoms with Gasteiger partial charge in [0.05, 0.1) is 0 Å². The summed E-state index contributed by atoms with van der Waals surface area (Å²) in [7, 11) is -0.559. The van der Waals surface area contributed by atoms with Gasteiger partial charge in [-0.25, -0.2) is 0 Å². The number of hydrogen-bond acceptors (Lipinski definition) is 2. The minimum Gasteiger partial charge on any atom is -0.400 e. The minimum absolute atomic E-state index is 0.487. The molecule has 0 N–H and O–H groups in total. The molecule has 0 unspecified atom stereocenters. The molecule has 0 aliphatic rings. The van der Waals surface area contributed by atoms with Crippen LogP contribution in [-0.4, -0.2) is 59.3 Å². The first kappa shape index (κ1) is 26.2. The van der Waals surface area contributed by atoms with Crippen LogP contribution in [0, 0.1) is 0 Å². The second-order valence-electron chi connectivity index (χ2n) is 5.29. The average molecular weight is 452 g/mol. The van der Waals surface area contributed by atoms with E-state index in [0.717, 1.165) is 14.2 Å². The summed E-state index contributed by atoms with van der Waals surface area (Å²) in [6.07, 6.45) is -10.7. The molecule has 164 valence electrons. The molecule has 0 radical (unpaired) electrons. The maximum atomic E-state index is 13.4. The summed E-state index contributed by atoms with van der Waals surface area (Å²) in [5.41, 5.74) is 0. The number of rotatable bonds is 10. The van der Waals surface area contributed by atoms with Gasteiger partial charge in [-0.15, -0.1) is 0 Å². The maximum absolute atomic E-state index is 13.4. The summed E-state index contributed by atoms with van der Waals surface area (Å²) in [4.78, 5) is 0. The molecule has 0 fully saturated rings. The zero-order chi connectivity index (χ0) is 22.1. The fraction of sp³-hybridized carbons (Fsp3) is 1.00. The third kappa shape index (κ3) is 4.46. The van der Waals surface area contributed by atoms with E-state index in [0.29, 0.717) is 0 Å². The highest BCUT2D eigenvalue weighted by atomic mass is 28.3. The van der Waals surface area contributed by atoms with Gasteiger partial charge in [0, 0.05) is 20.6 Å². The predicted molar refractivity (Wildman–Crippen MR) is 66.0 cm³/mol. The normalized spacial score (nSPS) is 15.6. The highest BCUT2D eigenvalue weighted by molar-refractivity contribution is 6.44. The van der Waals surface area contributed by atoms with Crippen LogP contribution < -0.4 is 0 Å². The van der Waals surface area contributed by atoms with E-state index in [1.165, 1.54) is 0 Å². The van der Waals surface area contributed by atoms with Crippen molar-refractivity contribution in [1.29, 1.82) is 0 Å². The number of alkyl halides is 13. The van der Waals surface area contributed by atoms with E-state index in [-0.39, 0.29) is 0 Å². The van der Waals surface area contributed by atoms with Gasteiger partial charge >= 0.3 is 45.1 Å². The molecule has 0 amide bonds. The number of hydrogen-bond donors (Lipinski definition) is 0. The van der Waals surface area contributed by atoms with E-state index in [1.807, 2.05) is 0 Å². The lowest BCUT2D eigenvalue weighted by Gasteiger charge is -2.39. The Morgan fingerprint density at radius 1 is 0.593 bits per heavy atom. The Balaban J connectivity index is 5.74. The Morgan fingerprint density at radius 2 is 0.963 bits per heavy atom. The van der Waals surface area contributed by atoms with Gasteiger partial charge in [0.15, 0.2) is 0 Å². The first-order chi connectivity index (χ1) is 11.7. The van der Waals surface area contributed by atoms with Crippen molar-refractivity contribution in [3.8, 4) is 0 Å². The SMILES string of the molecule is CO[SiH](CCCC(F)(F)C(F)(F)C(F)(F)C(F)(F)C(F)(F)C(F)(F)F)OC. The van der Waals surface area contributed by atoms with E-state index in [9.17, 15) is 57.1 Å². The van der Waals surface area contributed by atoms with Gasteiger partial charge in [-0.05, 0) is 12.5 Å². The minimum atomic E-state index is -7.86. The quantitative estimate of drug-likeness (QED) is 0.343. The monoisotopic (exact) mass is 452 g/mol. The lowest BCUT2D eigenvalue weighted by atomic mass is 9.92. The van der Waals surface area contributed by atoms with Gasteiger partial charge in [-0.1, -0.05) is 0 Å². The molecule has 0 atom stereocenters. The Bertz CT molecular complexity index is 487. The van der Waals surface area contributed by atoms with E-state index in [1.54, 1.807) is 0 Å². The zero-order valence-corrected chi connectivity index (χ0v) is 14.6. The van der Waals surface area contributed by atoms with Crippen molar-refractivity contribution < 1.29 is 65.9 Å². The lowest BCUT2D eigenvalue weighted by molar-refractivity contribution is -0.440. The van der Waals surface area contributed by atoms with Crippen LogP contribution >= 0.6 is 0 Å². The van der Waals surface area contributed by atoms with Crippen molar-refractivity contribution in [2.75, 3.05) is 14.2 Å². The molecule has 0 saturated carbocycles. The van der Waals surface area contributed by atoms with Crippen LogP contribution in [0.4, 0.5) is 57.1 Å². The van der Waals surface area contributed by atoms with Gasteiger partial charge in [0.1, 0.15) is 0 Å². The molecule has 0 bridgehead atoms. The van der Waals surface area contributed by atoms with E-state index < -0.39 is 64.0 Å². The van der Waals surface area contributed by atoms with E-state index >= 15 is 0 Å². The van der Waals surface area contributed by atoms with Crippen molar-refractivity contribution in [2.24, 2.45) is 0 Å². The summed E-state index contributed by atoms with van der Waals surface area (Å²) >= 11 is 0. The molecule has 0 aliphatic heterocycles. The smallest absolute Gasteiger partial charge is 0.400 e. The molecule has 27 heavy (non-hydrogen) atoms. The van der Waals surface area contributed by atoms with Gasteiger partial charge in [-0.2, -0.15) is 57.1 Å². The van der Waals surface area contributed by atoms with Gasteiger partial charge < -0.3 is 8.85 Å². The zero-order valence-electron chi connectivity index (χ0n) is 13.4. The van der Waals surface area contributed by atoms with Crippen molar-refractivity contribution in [1.82, 2.24) is 0 Å². The maximum Gasteiger partial charge on any atom is 0.460 e. The Kier molecular flexibility index (Phi) is 7.70. The van der Waals surface area contributed by atoms with Crippen LogP contribution in [-0.2, 0) is 8.85 Å². The highest BCUT2D eigenvalue weighted by Gasteiger charge is 2.90. The number of halogens is 13. The summed E-state index contributed by atoms with van der Waals surface area (Å²) < 4.78 is 176. The third-order valence-corrected chi connectivity index (χ3v) is 5.39. The molecular formula is C11H13F13O2Si. The standard InChI is InChI=1S/C11H13F13O2Si/c1-25-27(26-2)5-3-4-6(12,13)7(14,15)8(16,17)9(18,19)10(20,21)11(22,23)24/h27H,3-5H2,1-2H3. The molecule has 0 heterocycles. The van der Waals surface area contributed by atoms with Crippen molar-refractivity contribution >= 4 is 9.28 Å². The summed E-state index contributed by atoms with van der Waals surface area (Å²) in [6.45, 7) is 0. The lowest BCUT2D eigenvalue weighted by Crippen LogP contribution is -2.70. The van der Waals surface area contributed by atoms with Crippen molar-refractivity contribution in [3.05, 3.63) is 0 Å². The Morgan fingerprint density at radius 3 is 1.30 bits per heavy atom. The van der Waals surface area contributed by atoms with Crippen LogP contribution in [0.15, 0.2) is 0 Å². The highest BCUT2D eigenvalue weighted by Crippen LogP contribution is 2.60. The first-order valence-electron chi connectivity index (χ1n) is 6.76. The second kappa shape index (κ2) is 7.92. The molecular weight excluding hydrogens is 439 g/mol. The molecule has 0 aromatic carbocycles. The molecule has 0 saturated heterocycles. The molecule has 0 spiro atoms. The van der Waals surface area contributed by atoms with Crippen molar-refractivity contribution in [2.45, 2.75) is 54.7 Å². The second-order valence-corrected chi connectivity index (χ2v) is 7.67. The van der Waals surface area contributed by atoms with Crippen LogP contribution in [0.2, 0.25) is 6.04 Å². The van der Waals surface area contributed by atoms with Crippen molar-refractivity contribution in [3.63, 3.8) is 0 Å². The fourth-order valence-corrected chi connectivity index (χ4v) is 2.98. The van der Waals surface area contributed by atoms with Crippen LogP contribution in [0.3, 0.4) is 0 Å². The molecule has 0 aromatic rings. The molecule has 0 rings (SSSR count). The predicted octanol–water partition coefficient (Wildman–Crippen LogP) is 5.02. The van der Waals surface area contributed by atoms with Gasteiger partial charge in [0.2, 0.25) is 0 Å². The van der Waals surface area contributed by atoms with Gasteiger partial charge in [0.25, 0.3) is 0 Å². The molecule has 2 nitrogen and oxygen atoms in total. The largest absolute Gasteiger partial charge is 0.460 e. The molecule has 0 aromatic heterocycles. The Hall–Kier alpha value is -0.773. The average Bonchev–Trinajstić information content (AvgIpc) is 2.49. The first-order valence-corrected chi connectivity index (χ1v) is 8.52. The van der Waals surface area contributed by atoms with E-state index in [4.69, 9.17) is 0 Å². The topological polar surface area (TPSA) is 18.5 Å². The summed E-state index contributed by atoms with van der Waals surface area (Å²) in [5.74, 6) is -36.6.